The van der Waals surface area contributed by atoms with Gasteiger partial charge >= 0.3 is 0 Å². The molecule has 0 aromatic heterocycles. The SMILES string of the molecule is COCCOc1cc(N(CC(=O)Nc2ccc(Br)cc2)S(=O)(=O)c2ccccc2)c(Cl)cc1Cl. The van der Waals surface area contributed by atoms with E-state index >= 15 is 0 Å². The van der Waals surface area contributed by atoms with E-state index in [1.54, 1.807) is 42.5 Å². The Balaban J connectivity index is 2.00. The van der Waals surface area contributed by atoms with Gasteiger partial charge in [-0.25, -0.2) is 8.42 Å². The molecule has 0 atom stereocenters. The molecule has 3 rings (SSSR count). The first kappa shape index (κ1) is 26.3. The van der Waals surface area contributed by atoms with Gasteiger partial charge in [-0.1, -0.05) is 57.3 Å². The van der Waals surface area contributed by atoms with Crippen LogP contribution in [0.2, 0.25) is 10.0 Å². The van der Waals surface area contributed by atoms with Gasteiger partial charge in [0.05, 0.1) is 27.2 Å². The molecule has 3 aromatic carbocycles. The summed E-state index contributed by atoms with van der Waals surface area (Å²) in [5.41, 5.74) is 0.560. The zero-order chi connectivity index (χ0) is 24.7. The topological polar surface area (TPSA) is 84.9 Å². The Morgan fingerprint density at radius 1 is 1.00 bits per heavy atom. The van der Waals surface area contributed by atoms with Crippen molar-refractivity contribution in [2.45, 2.75) is 4.90 Å². The van der Waals surface area contributed by atoms with Crippen LogP contribution >= 0.6 is 39.1 Å². The fourth-order valence-electron chi connectivity index (χ4n) is 2.94. The molecule has 0 radical (unpaired) electrons. The quantitative estimate of drug-likeness (QED) is 0.311. The van der Waals surface area contributed by atoms with Gasteiger partial charge in [0.1, 0.15) is 18.9 Å². The van der Waals surface area contributed by atoms with Crippen LogP contribution in [0, 0.1) is 0 Å². The Morgan fingerprint density at radius 3 is 2.32 bits per heavy atom. The number of carbonyl (C=O) groups is 1. The zero-order valence-electron chi connectivity index (χ0n) is 18.0. The second kappa shape index (κ2) is 11.9. The van der Waals surface area contributed by atoms with E-state index in [2.05, 4.69) is 21.2 Å². The number of amides is 1. The summed E-state index contributed by atoms with van der Waals surface area (Å²) < 4.78 is 39.5. The molecule has 1 amide bonds. The van der Waals surface area contributed by atoms with Crippen LogP contribution in [0.25, 0.3) is 0 Å². The second-order valence-corrected chi connectivity index (χ2v) is 10.5. The predicted molar refractivity (Wildman–Crippen MR) is 138 cm³/mol. The van der Waals surface area contributed by atoms with Crippen molar-refractivity contribution in [1.82, 2.24) is 0 Å². The smallest absolute Gasteiger partial charge is 0.264 e. The van der Waals surface area contributed by atoms with Gasteiger partial charge in [-0.2, -0.15) is 0 Å². The minimum Gasteiger partial charge on any atom is -0.490 e. The van der Waals surface area contributed by atoms with Crippen LogP contribution in [0.3, 0.4) is 0 Å². The Kier molecular flexibility index (Phi) is 9.21. The van der Waals surface area contributed by atoms with Crippen molar-refractivity contribution in [3.05, 3.63) is 81.2 Å². The van der Waals surface area contributed by atoms with Crippen LogP contribution in [-0.2, 0) is 19.6 Å². The number of benzene rings is 3. The average Bonchev–Trinajstić information content (AvgIpc) is 2.81. The summed E-state index contributed by atoms with van der Waals surface area (Å²) in [6, 6.07) is 17.4. The first-order valence-corrected chi connectivity index (χ1v) is 12.9. The van der Waals surface area contributed by atoms with Crippen LogP contribution < -0.4 is 14.4 Å². The summed E-state index contributed by atoms with van der Waals surface area (Å²) in [4.78, 5) is 12.9. The van der Waals surface area contributed by atoms with Gasteiger partial charge in [-0.3, -0.25) is 9.10 Å². The number of methoxy groups -OCH3 is 1. The van der Waals surface area contributed by atoms with Crippen molar-refractivity contribution in [2.75, 3.05) is 36.5 Å². The third kappa shape index (κ3) is 6.64. The van der Waals surface area contributed by atoms with Gasteiger partial charge in [0.15, 0.2) is 0 Å². The van der Waals surface area contributed by atoms with Gasteiger partial charge < -0.3 is 14.8 Å². The molecule has 0 heterocycles. The zero-order valence-corrected chi connectivity index (χ0v) is 21.9. The lowest BCUT2D eigenvalue weighted by molar-refractivity contribution is -0.114. The van der Waals surface area contributed by atoms with Gasteiger partial charge in [0.25, 0.3) is 10.0 Å². The van der Waals surface area contributed by atoms with E-state index in [1.807, 2.05) is 0 Å². The van der Waals surface area contributed by atoms with Crippen molar-refractivity contribution in [2.24, 2.45) is 0 Å². The monoisotopic (exact) mass is 586 g/mol. The predicted octanol–water partition coefficient (Wildman–Crippen LogP) is 5.62. The van der Waals surface area contributed by atoms with Gasteiger partial charge in [-0.05, 0) is 42.5 Å². The highest BCUT2D eigenvalue weighted by Gasteiger charge is 2.29. The lowest BCUT2D eigenvalue weighted by atomic mass is 10.3. The van der Waals surface area contributed by atoms with Crippen molar-refractivity contribution >= 4 is 66.4 Å². The van der Waals surface area contributed by atoms with Gasteiger partial charge in [0.2, 0.25) is 5.91 Å². The number of anilines is 2. The summed E-state index contributed by atoms with van der Waals surface area (Å²) in [6.07, 6.45) is 0. The minimum atomic E-state index is -4.17. The van der Waals surface area contributed by atoms with E-state index in [4.69, 9.17) is 32.7 Å². The van der Waals surface area contributed by atoms with Gasteiger partial charge in [0, 0.05) is 23.3 Å². The van der Waals surface area contributed by atoms with Crippen molar-refractivity contribution in [3.8, 4) is 5.75 Å². The van der Waals surface area contributed by atoms with Crippen LogP contribution in [0.1, 0.15) is 0 Å². The normalized spacial score (nSPS) is 11.2. The van der Waals surface area contributed by atoms with Gasteiger partial charge in [-0.15, -0.1) is 0 Å². The Labute approximate surface area is 216 Å². The summed E-state index contributed by atoms with van der Waals surface area (Å²) in [5, 5.41) is 2.93. The molecule has 0 unspecified atom stereocenters. The Bertz CT molecular complexity index is 1240. The molecule has 3 aromatic rings. The van der Waals surface area contributed by atoms with Crippen molar-refractivity contribution in [1.29, 1.82) is 0 Å². The second-order valence-electron chi connectivity index (χ2n) is 6.96. The summed E-state index contributed by atoms with van der Waals surface area (Å²) in [6.45, 7) is -0.0468. The molecule has 0 spiro atoms. The first-order chi connectivity index (χ1) is 16.2. The molecule has 0 bridgehead atoms. The number of nitrogens with one attached hydrogen (secondary N) is 1. The highest BCUT2D eigenvalue weighted by Crippen LogP contribution is 2.38. The maximum Gasteiger partial charge on any atom is 0.264 e. The van der Waals surface area contributed by atoms with E-state index in [9.17, 15) is 13.2 Å². The number of rotatable bonds is 10. The third-order valence-electron chi connectivity index (χ3n) is 4.56. The fraction of sp³-hybridized carbons (Fsp3) is 0.174. The van der Waals surface area contributed by atoms with Crippen LogP contribution in [-0.4, -0.2) is 41.2 Å². The van der Waals surface area contributed by atoms with Crippen LogP contribution in [0.5, 0.6) is 5.75 Å². The Morgan fingerprint density at radius 2 is 1.68 bits per heavy atom. The summed E-state index contributed by atoms with van der Waals surface area (Å²) >= 11 is 16.0. The van der Waals surface area contributed by atoms with E-state index in [-0.39, 0.29) is 33.0 Å². The highest BCUT2D eigenvalue weighted by molar-refractivity contribution is 9.10. The molecular weight excluding hydrogens is 567 g/mol. The van der Waals surface area contributed by atoms with E-state index in [0.29, 0.717) is 12.3 Å². The number of hydrogen-bond donors (Lipinski definition) is 1. The molecule has 0 saturated carbocycles. The van der Waals surface area contributed by atoms with Crippen molar-refractivity contribution < 1.29 is 22.7 Å². The third-order valence-corrected chi connectivity index (χ3v) is 7.46. The molecule has 0 aliphatic carbocycles. The molecule has 0 aliphatic rings. The molecule has 11 heteroatoms. The molecule has 180 valence electrons. The average molecular weight is 588 g/mol. The number of nitrogens with zero attached hydrogens (tertiary/aromatic N) is 1. The van der Waals surface area contributed by atoms with E-state index in [1.165, 1.54) is 31.4 Å². The van der Waals surface area contributed by atoms with Crippen molar-refractivity contribution in [3.63, 3.8) is 0 Å². The summed E-state index contributed by atoms with van der Waals surface area (Å²) in [7, 11) is -2.64. The maximum atomic E-state index is 13.6. The Hall–Kier alpha value is -2.30. The lowest BCUT2D eigenvalue weighted by Gasteiger charge is -2.26. The highest BCUT2D eigenvalue weighted by atomic mass is 79.9. The molecule has 34 heavy (non-hydrogen) atoms. The van der Waals surface area contributed by atoms with E-state index < -0.39 is 22.5 Å². The number of ether oxygens (including phenoxy) is 2. The number of hydrogen-bond acceptors (Lipinski definition) is 5. The van der Waals surface area contributed by atoms with E-state index in [0.717, 1.165) is 8.78 Å². The number of halogens is 3. The first-order valence-electron chi connectivity index (χ1n) is 9.96. The molecular formula is C23H21BrCl2N2O5S. The fourth-order valence-corrected chi connectivity index (χ4v) is 5.25. The van der Waals surface area contributed by atoms with Crippen LogP contribution in [0.4, 0.5) is 11.4 Å². The number of carbonyl (C=O) groups excluding carboxylic acids is 1. The maximum absolute atomic E-state index is 13.6. The lowest BCUT2D eigenvalue weighted by Crippen LogP contribution is -2.38. The minimum absolute atomic E-state index is 0.000639. The molecule has 0 fully saturated rings. The molecule has 0 saturated heterocycles. The molecule has 1 N–H and O–H groups in total. The standard InChI is InChI=1S/C23H21BrCl2N2O5S/c1-32-11-12-33-22-14-21(19(25)13-20(22)26)28(34(30,31)18-5-3-2-4-6-18)15-23(29)27-17-9-7-16(24)8-10-17/h2-10,13-14H,11-12,15H2,1H3,(H,27,29). The molecule has 0 aliphatic heterocycles. The summed E-state index contributed by atoms with van der Waals surface area (Å²) in [5.74, 6) is -0.352. The largest absolute Gasteiger partial charge is 0.490 e. The molecule has 7 nitrogen and oxygen atoms in total. The number of sulfonamides is 1. The van der Waals surface area contributed by atoms with Crippen LogP contribution in [0.15, 0.2) is 76.1 Å².